The number of hydrogen-bond acceptors (Lipinski definition) is 1. The molecule has 0 radical (unpaired) electrons. The largest absolute Gasteiger partial charge is 0.508 e. The van der Waals surface area contributed by atoms with Gasteiger partial charge in [-0.25, -0.2) is 4.39 Å². The van der Waals surface area contributed by atoms with Crippen LogP contribution in [0.3, 0.4) is 0 Å². The standard InChI is InChI=1S/C9H13FO/c1-6(2)8(10)5-9(11)7(3)4/h5,11H,1H2,2-4H3/b8-5+. The smallest absolute Gasteiger partial charge is 0.129 e. The van der Waals surface area contributed by atoms with Crippen LogP contribution in [0.4, 0.5) is 4.39 Å². The Morgan fingerprint density at radius 1 is 1.36 bits per heavy atom. The molecule has 0 aromatic carbocycles. The van der Waals surface area contributed by atoms with Gasteiger partial charge in [0.1, 0.15) is 11.6 Å². The van der Waals surface area contributed by atoms with Crippen molar-refractivity contribution in [2.24, 2.45) is 0 Å². The molecule has 1 N–H and O–H groups in total. The van der Waals surface area contributed by atoms with Gasteiger partial charge in [-0.05, 0) is 31.9 Å². The molecule has 0 fully saturated rings. The molecule has 0 heterocycles. The number of aliphatic hydroxyl groups excluding tert-OH is 1. The first-order valence-electron chi connectivity index (χ1n) is 3.34. The van der Waals surface area contributed by atoms with Crippen molar-refractivity contribution in [2.45, 2.75) is 20.8 Å². The molecule has 0 bridgehead atoms. The second-order valence-electron chi connectivity index (χ2n) is 2.66. The molecule has 0 aromatic rings. The van der Waals surface area contributed by atoms with Gasteiger partial charge in [-0.2, -0.15) is 0 Å². The summed E-state index contributed by atoms with van der Waals surface area (Å²) in [7, 11) is 0. The van der Waals surface area contributed by atoms with Crippen molar-refractivity contribution in [3.63, 3.8) is 0 Å². The highest BCUT2D eigenvalue weighted by atomic mass is 19.1. The summed E-state index contributed by atoms with van der Waals surface area (Å²) in [4.78, 5) is 0. The van der Waals surface area contributed by atoms with Gasteiger partial charge in [0.15, 0.2) is 0 Å². The monoisotopic (exact) mass is 156 g/mol. The summed E-state index contributed by atoms with van der Waals surface area (Å²) in [6, 6.07) is 0. The summed E-state index contributed by atoms with van der Waals surface area (Å²) in [6.45, 7) is 8.35. The van der Waals surface area contributed by atoms with Gasteiger partial charge in [0, 0.05) is 6.08 Å². The molecule has 11 heavy (non-hydrogen) atoms. The van der Waals surface area contributed by atoms with Crippen molar-refractivity contribution in [1.82, 2.24) is 0 Å². The summed E-state index contributed by atoms with van der Waals surface area (Å²) < 4.78 is 12.7. The molecule has 0 atom stereocenters. The van der Waals surface area contributed by atoms with E-state index in [1.807, 2.05) is 0 Å². The van der Waals surface area contributed by atoms with Gasteiger partial charge in [-0.3, -0.25) is 0 Å². The first kappa shape index (κ1) is 9.95. The molecule has 62 valence electrons. The Labute approximate surface area is 66.5 Å². The van der Waals surface area contributed by atoms with Gasteiger partial charge in [0.2, 0.25) is 0 Å². The molecule has 0 saturated heterocycles. The van der Waals surface area contributed by atoms with Crippen molar-refractivity contribution in [3.05, 3.63) is 35.4 Å². The maximum atomic E-state index is 12.7. The third-order valence-corrected chi connectivity index (χ3v) is 1.18. The van der Waals surface area contributed by atoms with Crippen LogP contribution in [0.25, 0.3) is 0 Å². The zero-order valence-electron chi connectivity index (χ0n) is 7.11. The van der Waals surface area contributed by atoms with E-state index in [2.05, 4.69) is 6.58 Å². The summed E-state index contributed by atoms with van der Waals surface area (Å²) in [5.74, 6) is -0.519. The van der Waals surface area contributed by atoms with Gasteiger partial charge >= 0.3 is 0 Å². The number of hydrogen-bond donors (Lipinski definition) is 1. The maximum Gasteiger partial charge on any atom is 0.129 e. The highest BCUT2D eigenvalue weighted by Gasteiger charge is 1.97. The fourth-order valence-electron chi connectivity index (χ4n) is 0.388. The minimum absolute atomic E-state index is 0.0366. The molecule has 2 heteroatoms. The van der Waals surface area contributed by atoms with Crippen molar-refractivity contribution in [3.8, 4) is 0 Å². The molecule has 0 saturated carbocycles. The van der Waals surface area contributed by atoms with Crippen molar-refractivity contribution < 1.29 is 9.50 Å². The van der Waals surface area contributed by atoms with E-state index in [0.29, 0.717) is 11.1 Å². The van der Waals surface area contributed by atoms with Gasteiger partial charge in [-0.1, -0.05) is 6.58 Å². The average molecular weight is 156 g/mol. The van der Waals surface area contributed by atoms with Crippen LogP contribution in [0, 0.1) is 0 Å². The van der Waals surface area contributed by atoms with Crippen LogP contribution < -0.4 is 0 Å². The maximum absolute atomic E-state index is 12.7. The highest BCUT2D eigenvalue weighted by Crippen LogP contribution is 2.12. The average Bonchev–Trinajstić information content (AvgIpc) is 1.87. The Kier molecular flexibility index (Phi) is 3.58. The van der Waals surface area contributed by atoms with E-state index in [1.54, 1.807) is 20.8 Å². The van der Waals surface area contributed by atoms with Gasteiger partial charge in [0.05, 0.1) is 0 Å². The third-order valence-electron chi connectivity index (χ3n) is 1.18. The van der Waals surface area contributed by atoms with Crippen LogP contribution >= 0.6 is 0 Å². The summed E-state index contributed by atoms with van der Waals surface area (Å²) >= 11 is 0. The first-order valence-corrected chi connectivity index (χ1v) is 3.34. The molecule has 0 aliphatic heterocycles. The molecule has 0 unspecified atom stereocenters. The van der Waals surface area contributed by atoms with E-state index in [9.17, 15) is 4.39 Å². The van der Waals surface area contributed by atoms with Crippen LogP contribution in [0.2, 0.25) is 0 Å². The Morgan fingerprint density at radius 3 is 2.09 bits per heavy atom. The highest BCUT2D eigenvalue weighted by molar-refractivity contribution is 5.28. The minimum Gasteiger partial charge on any atom is -0.508 e. The summed E-state index contributed by atoms with van der Waals surface area (Å²) in [5.41, 5.74) is 0.999. The van der Waals surface area contributed by atoms with E-state index in [0.717, 1.165) is 6.08 Å². The fraction of sp³-hybridized carbons (Fsp3) is 0.333. The van der Waals surface area contributed by atoms with Crippen LogP contribution in [-0.4, -0.2) is 5.11 Å². The van der Waals surface area contributed by atoms with Crippen molar-refractivity contribution in [2.75, 3.05) is 0 Å². The first-order chi connectivity index (χ1) is 4.95. The molecule has 1 nitrogen and oxygen atoms in total. The number of allylic oxidation sites excluding steroid dienone is 4. The van der Waals surface area contributed by atoms with Gasteiger partial charge in [0.25, 0.3) is 0 Å². The van der Waals surface area contributed by atoms with Crippen LogP contribution in [-0.2, 0) is 0 Å². The quantitative estimate of drug-likeness (QED) is 0.480. The molecular weight excluding hydrogens is 143 g/mol. The van der Waals surface area contributed by atoms with E-state index in [4.69, 9.17) is 5.11 Å². The normalized spacial score (nSPS) is 11.1. The molecule has 0 aromatic heterocycles. The lowest BCUT2D eigenvalue weighted by Crippen LogP contribution is -1.82. The van der Waals surface area contributed by atoms with Gasteiger partial charge in [-0.15, -0.1) is 0 Å². The third kappa shape index (κ3) is 3.61. The van der Waals surface area contributed by atoms with E-state index in [-0.39, 0.29) is 5.76 Å². The SMILES string of the molecule is C=C(C)/C(F)=C\C(O)=C(C)C. The Bertz CT molecular complexity index is 220. The Morgan fingerprint density at radius 2 is 1.82 bits per heavy atom. The lowest BCUT2D eigenvalue weighted by atomic mass is 10.2. The van der Waals surface area contributed by atoms with E-state index >= 15 is 0 Å². The second kappa shape index (κ2) is 3.96. The predicted molar refractivity (Wildman–Crippen MR) is 45.0 cm³/mol. The summed E-state index contributed by atoms with van der Waals surface area (Å²) in [6.07, 6.45) is 1.07. The Hall–Kier alpha value is -1.05. The Balaban J connectivity index is 4.58. The zero-order valence-corrected chi connectivity index (χ0v) is 7.11. The molecule has 0 rings (SSSR count). The number of aliphatic hydroxyl groups is 1. The topological polar surface area (TPSA) is 20.2 Å². The zero-order chi connectivity index (χ0) is 9.02. The van der Waals surface area contributed by atoms with Crippen LogP contribution in [0.5, 0.6) is 0 Å². The molecule has 0 aliphatic rings. The van der Waals surface area contributed by atoms with Crippen molar-refractivity contribution >= 4 is 0 Å². The fourth-order valence-corrected chi connectivity index (χ4v) is 0.388. The van der Waals surface area contributed by atoms with Crippen molar-refractivity contribution in [1.29, 1.82) is 0 Å². The molecular formula is C9H13FO. The lowest BCUT2D eigenvalue weighted by Gasteiger charge is -1.96. The number of rotatable bonds is 2. The number of halogens is 1. The van der Waals surface area contributed by atoms with Crippen LogP contribution in [0.15, 0.2) is 35.4 Å². The molecule has 0 spiro atoms. The second-order valence-corrected chi connectivity index (χ2v) is 2.66. The molecule has 0 amide bonds. The lowest BCUT2D eigenvalue weighted by molar-refractivity contribution is 0.422. The minimum atomic E-state index is -0.483. The van der Waals surface area contributed by atoms with Gasteiger partial charge < -0.3 is 5.11 Å². The van der Waals surface area contributed by atoms with Crippen LogP contribution in [0.1, 0.15) is 20.8 Å². The summed E-state index contributed by atoms with van der Waals surface area (Å²) in [5, 5.41) is 9.07. The van der Waals surface area contributed by atoms with E-state index < -0.39 is 5.83 Å². The van der Waals surface area contributed by atoms with E-state index in [1.165, 1.54) is 0 Å². The predicted octanol–water partition coefficient (Wildman–Crippen LogP) is 3.27. The molecule has 0 aliphatic carbocycles.